The first kappa shape index (κ1) is 29.0. The molecule has 1 aromatic heterocycles. The van der Waals surface area contributed by atoms with Crippen LogP contribution in [0.3, 0.4) is 0 Å². The highest BCUT2D eigenvalue weighted by atomic mass is 16.6. The van der Waals surface area contributed by atoms with Crippen LogP contribution in [0.5, 0.6) is 0 Å². The molecule has 1 saturated heterocycles. The van der Waals surface area contributed by atoms with Crippen LogP contribution in [0.4, 0.5) is 0 Å². The number of fused-ring (bicyclic) bond motifs is 5. The standard InChI is InChI=1S/C37H48N2O4/c1-35-17-12-30(38-43-23-22-39-20-15-27(16-21-39)26-6-4-3-5-7-26)24-29(35)9-10-33-32(35)13-18-36(2)31(14-19-37(33,36)41)28-8-11-34(40)42-25-28/h3-8,11,24-25,27,31-33,41H,9-10,12-23H2,1-2H3/t31-,32+,33-,35+,36-,37+/m1/s1. The van der Waals surface area contributed by atoms with Crippen LogP contribution in [-0.4, -0.2) is 47.6 Å². The number of aliphatic hydroxyl groups is 1. The Morgan fingerprint density at radius 1 is 0.930 bits per heavy atom. The van der Waals surface area contributed by atoms with Crippen molar-refractivity contribution in [3.05, 3.63) is 81.9 Å². The Morgan fingerprint density at radius 3 is 2.51 bits per heavy atom. The number of nitrogens with zero attached hydrogens (tertiary/aromatic N) is 2. The fourth-order valence-electron chi connectivity index (χ4n) is 10.2. The molecule has 4 fully saturated rings. The van der Waals surface area contributed by atoms with Gasteiger partial charge in [-0.1, -0.05) is 54.9 Å². The van der Waals surface area contributed by atoms with E-state index in [1.165, 1.54) is 30.0 Å². The molecule has 43 heavy (non-hydrogen) atoms. The van der Waals surface area contributed by atoms with Crippen molar-refractivity contribution in [3.8, 4) is 0 Å². The first-order valence-corrected chi connectivity index (χ1v) is 16.8. The molecule has 2 aromatic rings. The molecule has 0 amide bonds. The van der Waals surface area contributed by atoms with Crippen LogP contribution in [0, 0.1) is 22.7 Å². The smallest absolute Gasteiger partial charge is 0.335 e. The molecule has 6 nitrogen and oxygen atoms in total. The number of likely N-dealkylation sites (tertiary alicyclic amines) is 1. The van der Waals surface area contributed by atoms with Crippen LogP contribution in [0.1, 0.15) is 101 Å². The van der Waals surface area contributed by atoms with E-state index >= 15 is 0 Å². The zero-order chi connectivity index (χ0) is 29.7. The fraction of sp³-hybridized carbons (Fsp3) is 0.622. The maximum Gasteiger partial charge on any atom is 0.335 e. The predicted molar refractivity (Wildman–Crippen MR) is 169 cm³/mol. The van der Waals surface area contributed by atoms with Crippen LogP contribution in [-0.2, 0) is 4.84 Å². The molecule has 6 atom stereocenters. The third-order valence-corrected chi connectivity index (χ3v) is 12.8. The quantitative estimate of drug-likeness (QED) is 0.291. The Morgan fingerprint density at radius 2 is 1.74 bits per heavy atom. The van der Waals surface area contributed by atoms with Crippen molar-refractivity contribution in [1.29, 1.82) is 0 Å². The van der Waals surface area contributed by atoms with Crippen molar-refractivity contribution >= 4 is 5.71 Å². The highest BCUT2D eigenvalue weighted by molar-refractivity contribution is 5.96. The van der Waals surface area contributed by atoms with Gasteiger partial charge in [-0.3, -0.25) is 4.90 Å². The lowest BCUT2D eigenvalue weighted by atomic mass is 9.45. The van der Waals surface area contributed by atoms with Gasteiger partial charge in [0.25, 0.3) is 0 Å². The first-order valence-electron chi connectivity index (χ1n) is 16.8. The summed E-state index contributed by atoms with van der Waals surface area (Å²) in [5.74, 6) is 1.69. The SMILES string of the molecule is C[C@]12CCC(=NOCCN3CCC(c4ccccc4)CC3)C=C1CC[C@@H]1[C@@H]2CC[C@]2(C)[C@@H](c3ccc(=O)oc3)CC[C@]12O. The largest absolute Gasteiger partial charge is 0.431 e. The zero-order valence-electron chi connectivity index (χ0n) is 26.0. The first-order chi connectivity index (χ1) is 20.8. The van der Waals surface area contributed by atoms with Gasteiger partial charge in [0.2, 0.25) is 0 Å². The fourth-order valence-corrected chi connectivity index (χ4v) is 10.2. The van der Waals surface area contributed by atoms with E-state index in [-0.39, 0.29) is 22.4 Å². The summed E-state index contributed by atoms with van der Waals surface area (Å²) in [5.41, 5.74) is 4.06. The van der Waals surface area contributed by atoms with Gasteiger partial charge in [-0.05, 0) is 130 Å². The van der Waals surface area contributed by atoms with Crippen molar-refractivity contribution in [2.45, 2.75) is 95.5 Å². The molecule has 0 spiro atoms. The van der Waals surface area contributed by atoms with E-state index in [2.05, 4.69) is 60.3 Å². The molecule has 4 aliphatic carbocycles. The van der Waals surface area contributed by atoms with Crippen LogP contribution < -0.4 is 5.63 Å². The van der Waals surface area contributed by atoms with Gasteiger partial charge in [0, 0.05) is 18.0 Å². The molecule has 1 aliphatic heterocycles. The molecule has 7 rings (SSSR count). The van der Waals surface area contributed by atoms with E-state index in [0.717, 1.165) is 82.3 Å². The van der Waals surface area contributed by atoms with E-state index in [9.17, 15) is 9.90 Å². The van der Waals surface area contributed by atoms with Gasteiger partial charge in [-0.25, -0.2) is 4.79 Å². The van der Waals surface area contributed by atoms with Crippen molar-refractivity contribution in [2.75, 3.05) is 26.2 Å². The van der Waals surface area contributed by atoms with Gasteiger partial charge in [0.1, 0.15) is 6.61 Å². The Labute approximate surface area is 256 Å². The Hall–Kier alpha value is -2.70. The number of rotatable bonds is 6. The third-order valence-electron chi connectivity index (χ3n) is 12.8. The Bertz CT molecular complexity index is 1410. The van der Waals surface area contributed by atoms with Gasteiger partial charge in [-0.15, -0.1) is 0 Å². The highest BCUT2D eigenvalue weighted by Gasteiger charge is 2.66. The summed E-state index contributed by atoms with van der Waals surface area (Å²) >= 11 is 0. The third kappa shape index (κ3) is 5.03. The zero-order valence-corrected chi connectivity index (χ0v) is 26.0. The van der Waals surface area contributed by atoms with Crippen molar-refractivity contribution in [3.63, 3.8) is 0 Å². The van der Waals surface area contributed by atoms with E-state index < -0.39 is 5.60 Å². The molecule has 230 valence electrons. The van der Waals surface area contributed by atoms with Gasteiger partial charge in [-0.2, -0.15) is 0 Å². The van der Waals surface area contributed by atoms with Gasteiger partial charge < -0.3 is 14.4 Å². The summed E-state index contributed by atoms with van der Waals surface area (Å²) in [6.07, 6.45) is 14.4. The average Bonchev–Trinajstić information content (AvgIpc) is 3.31. The van der Waals surface area contributed by atoms with Crippen molar-refractivity contribution < 1.29 is 14.4 Å². The van der Waals surface area contributed by atoms with Crippen LogP contribution >= 0.6 is 0 Å². The number of hydrogen-bond acceptors (Lipinski definition) is 6. The number of allylic oxidation sites excluding steroid dienone is 2. The van der Waals surface area contributed by atoms with E-state index in [4.69, 9.17) is 9.25 Å². The van der Waals surface area contributed by atoms with Gasteiger partial charge in [0.05, 0.1) is 17.6 Å². The molecule has 0 radical (unpaired) electrons. The van der Waals surface area contributed by atoms with Gasteiger partial charge in [0.15, 0.2) is 0 Å². The molecular weight excluding hydrogens is 536 g/mol. The lowest BCUT2D eigenvalue weighted by Gasteiger charge is -2.61. The molecule has 1 N–H and O–H groups in total. The lowest BCUT2D eigenvalue weighted by molar-refractivity contribution is -0.176. The number of hydrogen-bond donors (Lipinski definition) is 1. The number of piperidine rings is 1. The van der Waals surface area contributed by atoms with Crippen molar-refractivity contribution in [2.24, 2.45) is 27.8 Å². The molecule has 2 heterocycles. The van der Waals surface area contributed by atoms with Crippen LogP contribution in [0.2, 0.25) is 0 Å². The summed E-state index contributed by atoms with van der Waals surface area (Å²) in [5, 5.41) is 17.1. The summed E-state index contributed by atoms with van der Waals surface area (Å²) in [6.45, 7) is 8.58. The topological polar surface area (TPSA) is 75.3 Å². The average molecular weight is 585 g/mol. The predicted octanol–water partition coefficient (Wildman–Crippen LogP) is 7.05. The van der Waals surface area contributed by atoms with Crippen LogP contribution in [0.15, 0.2) is 74.7 Å². The van der Waals surface area contributed by atoms with E-state index in [1.54, 1.807) is 6.26 Å². The molecule has 5 aliphatic rings. The van der Waals surface area contributed by atoms with Gasteiger partial charge >= 0.3 is 5.63 Å². The molecule has 0 unspecified atom stereocenters. The second kappa shape index (κ2) is 11.3. The summed E-state index contributed by atoms with van der Waals surface area (Å²) in [4.78, 5) is 20.0. The minimum atomic E-state index is -0.682. The van der Waals surface area contributed by atoms with E-state index in [0.29, 0.717) is 24.4 Å². The van der Waals surface area contributed by atoms with Crippen molar-refractivity contribution in [1.82, 2.24) is 4.90 Å². The highest BCUT2D eigenvalue weighted by Crippen LogP contribution is 2.70. The van der Waals surface area contributed by atoms with Crippen LogP contribution in [0.25, 0.3) is 0 Å². The normalized spacial score (nSPS) is 37.3. The summed E-state index contributed by atoms with van der Waals surface area (Å²) in [7, 11) is 0. The second-order valence-electron chi connectivity index (χ2n) is 14.6. The molecule has 3 saturated carbocycles. The summed E-state index contributed by atoms with van der Waals surface area (Å²) < 4.78 is 5.25. The maximum absolute atomic E-state index is 12.5. The molecule has 0 bridgehead atoms. The minimum absolute atomic E-state index is 0.111. The second-order valence-corrected chi connectivity index (χ2v) is 14.6. The lowest BCUT2D eigenvalue weighted by Crippen LogP contribution is -2.60. The maximum atomic E-state index is 12.5. The number of benzene rings is 1. The molecule has 6 heteroatoms. The Kier molecular flexibility index (Phi) is 7.66. The number of oxime groups is 1. The summed E-state index contributed by atoms with van der Waals surface area (Å²) in [6, 6.07) is 14.4. The Balaban J connectivity index is 0.964. The monoisotopic (exact) mass is 584 g/mol. The molecule has 1 aromatic carbocycles. The minimum Gasteiger partial charge on any atom is -0.431 e. The van der Waals surface area contributed by atoms with E-state index in [1.807, 2.05) is 6.07 Å². The molecular formula is C37H48N2O4.